The maximum Gasteiger partial charge on any atom is 0.336 e. The second-order valence-corrected chi connectivity index (χ2v) is 7.25. The average Bonchev–Trinajstić information content (AvgIpc) is 2.70. The molecule has 29 heavy (non-hydrogen) atoms. The Bertz CT molecular complexity index is 1090. The molecule has 0 atom stereocenters. The normalized spacial score (nSPS) is 10.9. The van der Waals surface area contributed by atoms with Gasteiger partial charge in [0.1, 0.15) is 17.9 Å². The Hall–Kier alpha value is -2.87. The first-order chi connectivity index (χ1) is 13.9. The second-order valence-electron chi connectivity index (χ2n) is 6.47. The van der Waals surface area contributed by atoms with E-state index >= 15 is 0 Å². The van der Waals surface area contributed by atoms with Gasteiger partial charge in [0.2, 0.25) is 0 Å². The van der Waals surface area contributed by atoms with Crippen molar-refractivity contribution < 1.29 is 18.7 Å². The summed E-state index contributed by atoms with van der Waals surface area (Å²) in [5.74, 6) is 0.225. The summed E-state index contributed by atoms with van der Waals surface area (Å²) in [5, 5.41) is 1.42. The SMILES string of the molecule is COc1ccc2c(COC(=O)CCc3c(C)nc(SC)nc3C)cc(=O)oc2c1. The zero-order chi connectivity index (χ0) is 21.0. The zero-order valence-electron chi connectivity index (χ0n) is 16.8. The Labute approximate surface area is 172 Å². The lowest BCUT2D eigenvalue weighted by atomic mass is 10.1. The minimum absolute atomic E-state index is 0.00681. The lowest BCUT2D eigenvalue weighted by Crippen LogP contribution is -2.10. The van der Waals surface area contributed by atoms with E-state index in [9.17, 15) is 9.59 Å². The van der Waals surface area contributed by atoms with Crippen LogP contribution in [0.4, 0.5) is 0 Å². The van der Waals surface area contributed by atoms with E-state index in [-0.39, 0.29) is 19.0 Å². The first kappa shape index (κ1) is 20.9. The van der Waals surface area contributed by atoms with Crippen LogP contribution in [0.25, 0.3) is 11.0 Å². The summed E-state index contributed by atoms with van der Waals surface area (Å²) < 4.78 is 15.8. The van der Waals surface area contributed by atoms with Gasteiger partial charge in [0, 0.05) is 40.9 Å². The third kappa shape index (κ3) is 4.95. The number of ether oxygens (including phenoxy) is 2. The van der Waals surface area contributed by atoms with Crippen molar-refractivity contribution in [1.82, 2.24) is 9.97 Å². The summed E-state index contributed by atoms with van der Waals surface area (Å²) in [6.07, 6.45) is 2.63. The van der Waals surface area contributed by atoms with E-state index in [1.165, 1.54) is 24.9 Å². The molecule has 0 fully saturated rings. The molecule has 152 valence electrons. The molecule has 0 aliphatic heterocycles. The molecular formula is C21H22N2O5S. The largest absolute Gasteiger partial charge is 0.497 e. The number of hydrogen-bond acceptors (Lipinski definition) is 8. The number of rotatable bonds is 7. The summed E-state index contributed by atoms with van der Waals surface area (Å²) in [6, 6.07) is 6.51. The van der Waals surface area contributed by atoms with Gasteiger partial charge < -0.3 is 13.9 Å². The van der Waals surface area contributed by atoms with Gasteiger partial charge >= 0.3 is 11.6 Å². The molecule has 7 nitrogen and oxygen atoms in total. The van der Waals surface area contributed by atoms with Crippen LogP contribution in [0, 0.1) is 13.8 Å². The molecule has 0 spiro atoms. The summed E-state index contributed by atoms with van der Waals surface area (Å²) in [7, 11) is 1.54. The van der Waals surface area contributed by atoms with Gasteiger partial charge in [-0.2, -0.15) is 0 Å². The number of hydrogen-bond donors (Lipinski definition) is 0. The Morgan fingerprint density at radius 1 is 1.17 bits per heavy atom. The Morgan fingerprint density at radius 2 is 1.90 bits per heavy atom. The smallest absolute Gasteiger partial charge is 0.336 e. The van der Waals surface area contributed by atoms with Crippen LogP contribution in [0.5, 0.6) is 5.75 Å². The first-order valence-electron chi connectivity index (χ1n) is 9.05. The molecule has 0 saturated heterocycles. The molecule has 0 amide bonds. The molecule has 0 radical (unpaired) electrons. The molecule has 0 aliphatic carbocycles. The lowest BCUT2D eigenvalue weighted by molar-refractivity contribution is -0.144. The van der Waals surface area contributed by atoms with Crippen molar-refractivity contribution in [2.45, 2.75) is 38.5 Å². The van der Waals surface area contributed by atoms with E-state index in [1.807, 2.05) is 20.1 Å². The molecule has 2 aromatic heterocycles. The van der Waals surface area contributed by atoms with Gasteiger partial charge in [0.15, 0.2) is 5.16 Å². The highest BCUT2D eigenvalue weighted by Gasteiger charge is 2.13. The summed E-state index contributed by atoms with van der Waals surface area (Å²) in [5.41, 5.74) is 3.17. The molecule has 0 unspecified atom stereocenters. The highest BCUT2D eigenvalue weighted by molar-refractivity contribution is 7.98. The van der Waals surface area contributed by atoms with Crippen molar-refractivity contribution in [3.05, 3.63) is 57.2 Å². The fourth-order valence-corrected chi connectivity index (χ4v) is 3.53. The number of nitrogens with zero attached hydrogens (tertiary/aromatic N) is 2. The number of carbonyl (C=O) groups is 1. The number of benzene rings is 1. The van der Waals surface area contributed by atoms with E-state index in [1.54, 1.807) is 18.2 Å². The summed E-state index contributed by atoms with van der Waals surface area (Å²) >= 11 is 1.49. The average molecular weight is 414 g/mol. The van der Waals surface area contributed by atoms with Crippen LogP contribution in [0.1, 0.15) is 28.9 Å². The molecule has 3 rings (SSSR count). The van der Waals surface area contributed by atoms with Crippen LogP contribution < -0.4 is 10.4 Å². The van der Waals surface area contributed by atoms with Crippen LogP contribution in [0.3, 0.4) is 0 Å². The van der Waals surface area contributed by atoms with E-state index < -0.39 is 5.63 Å². The quantitative estimate of drug-likeness (QED) is 0.251. The van der Waals surface area contributed by atoms with Crippen molar-refractivity contribution in [2.24, 2.45) is 0 Å². The van der Waals surface area contributed by atoms with Gasteiger partial charge in [0.25, 0.3) is 0 Å². The standard InChI is InChI=1S/C21H22N2O5S/c1-12-16(13(2)23-21(22-12)29-4)7-8-19(24)27-11-14-9-20(25)28-18-10-15(26-3)5-6-17(14)18/h5-6,9-10H,7-8,11H2,1-4H3. The van der Waals surface area contributed by atoms with E-state index in [4.69, 9.17) is 13.9 Å². The molecule has 0 N–H and O–H groups in total. The van der Waals surface area contributed by atoms with Crippen LogP contribution in [0.15, 0.2) is 38.6 Å². The second kappa shape index (κ2) is 9.09. The molecule has 8 heteroatoms. The maximum atomic E-state index is 12.3. The lowest BCUT2D eigenvalue weighted by Gasteiger charge is -2.11. The van der Waals surface area contributed by atoms with Gasteiger partial charge in [0.05, 0.1) is 7.11 Å². The predicted molar refractivity (Wildman–Crippen MR) is 110 cm³/mol. The third-order valence-corrected chi connectivity index (χ3v) is 5.14. The van der Waals surface area contributed by atoms with Crippen LogP contribution >= 0.6 is 11.8 Å². The monoisotopic (exact) mass is 414 g/mol. The number of methoxy groups -OCH3 is 1. The zero-order valence-corrected chi connectivity index (χ0v) is 17.6. The van der Waals surface area contributed by atoms with Crippen molar-refractivity contribution in [2.75, 3.05) is 13.4 Å². The van der Waals surface area contributed by atoms with Gasteiger partial charge in [-0.05, 0) is 44.2 Å². The molecule has 3 aromatic rings. The van der Waals surface area contributed by atoms with Crippen molar-refractivity contribution >= 4 is 28.7 Å². The minimum atomic E-state index is -0.505. The summed E-state index contributed by atoms with van der Waals surface area (Å²) in [4.78, 5) is 32.9. The fourth-order valence-electron chi connectivity index (χ4n) is 3.08. The van der Waals surface area contributed by atoms with E-state index in [2.05, 4.69) is 9.97 Å². The molecular weight excluding hydrogens is 392 g/mol. The first-order valence-corrected chi connectivity index (χ1v) is 10.3. The minimum Gasteiger partial charge on any atom is -0.497 e. The van der Waals surface area contributed by atoms with E-state index in [0.717, 1.165) is 22.1 Å². The van der Waals surface area contributed by atoms with Crippen molar-refractivity contribution in [3.8, 4) is 5.75 Å². The van der Waals surface area contributed by atoms with Crippen LogP contribution in [0.2, 0.25) is 0 Å². The predicted octanol–water partition coefficient (Wildman–Crippen LogP) is 3.61. The number of aromatic nitrogens is 2. The topological polar surface area (TPSA) is 91.5 Å². The third-order valence-electron chi connectivity index (χ3n) is 4.59. The Kier molecular flexibility index (Phi) is 6.53. The highest BCUT2D eigenvalue weighted by Crippen LogP contribution is 2.23. The number of thioether (sulfide) groups is 1. The molecule has 2 heterocycles. The number of fused-ring (bicyclic) bond motifs is 1. The van der Waals surface area contributed by atoms with Crippen molar-refractivity contribution in [1.29, 1.82) is 0 Å². The van der Waals surface area contributed by atoms with Gasteiger partial charge in [-0.15, -0.1) is 0 Å². The maximum absolute atomic E-state index is 12.3. The Morgan fingerprint density at radius 3 is 2.55 bits per heavy atom. The van der Waals surface area contributed by atoms with Gasteiger partial charge in [-0.1, -0.05) is 11.8 Å². The van der Waals surface area contributed by atoms with Gasteiger partial charge in [-0.25, -0.2) is 14.8 Å². The molecule has 0 bridgehead atoms. The molecule has 0 saturated carbocycles. The van der Waals surface area contributed by atoms with Crippen LogP contribution in [-0.2, 0) is 22.6 Å². The molecule has 1 aromatic carbocycles. The number of carbonyl (C=O) groups excluding carboxylic acids is 1. The Balaban J connectivity index is 1.68. The van der Waals surface area contributed by atoms with E-state index in [0.29, 0.717) is 28.7 Å². The fraction of sp³-hybridized carbons (Fsp3) is 0.333. The van der Waals surface area contributed by atoms with Crippen LogP contribution in [-0.4, -0.2) is 29.3 Å². The summed E-state index contributed by atoms with van der Waals surface area (Å²) in [6.45, 7) is 3.82. The van der Waals surface area contributed by atoms with Gasteiger partial charge in [-0.3, -0.25) is 4.79 Å². The number of aryl methyl sites for hydroxylation is 2. The van der Waals surface area contributed by atoms with Crippen molar-refractivity contribution in [3.63, 3.8) is 0 Å². The highest BCUT2D eigenvalue weighted by atomic mass is 32.2. The number of esters is 1. The molecule has 0 aliphatic rings.